The Morgan fingerprint density at radius 3 is 2.57 bits per heavy atom. The average Bonchev–Trinajstić information content (AvgIpc) is 2.48. The van der Waals surface area contributed by atoms with Crippen LogP contribution < -0.4 is 10.1 Å². The number of benzene rings is 2. The van der Waals surface area contributed by atoms with Crippen LogP contribution in [0.15, 0.2) is 36.4 Å². The zero-order valence-corrected chi connectivity index (χ0v) is 12.4. The number of nitrogens with one attached hydrogen (secondary N) is 1. The van der Waals surface area contributed by atoms with Crippen molar-refractivity contribution in [1.29, 1.82) is 0 Å². The number of hydrogen-bond acceptors (Lipinski definition) is 2. The van der Waals surface area contributed by atoms with E-state index in [4.69, 9.17) is 4.74 Å². The molecule has 0 saturated heterocycles. The Kier molecular flexibility index (Phi) is 4.91. The van der Waals surface area contributed by atoms with E-state index in [1.54, 1.807) is 13.2 Å². The van der Waals surface area contributed by atoms with Gasteiger partial charge in [0.15, 0.2) is 11.6 Å². The Hall–Kier alpha value is -1.94. The first kappa shape index (κ1) is 15.4. The molecule has 0 saturated carbocycles. The lowest BCUT2D eigenvalue weighted by atomic mass is 9.95. The number of halogens is 2. The summed E-state index contributed by atoms with van der Waals surface area (Å²) in [5.74, 6) is -1.02. The van der Waals surface area contributed by atoms with E-state index >= 15 is 0 Å². The Morgan fingerprint density at radius 2 is 1.90 bits per heavy atom. The fourth-order valence-corrected chi connectivity index (χ4v) is 2.41. The molecular weight excluding hydrogens is 272 g/mol. The summed E-state index contributed by atoms with van der Waals surface area (Å²) in [6.45, 7) is 4.50. The number of aryl methyl sites for hydroxylation is 1. The summed E-state index contributed by atoms with van der Waals surface area (Å²) >= 11 is 0. The van der Waals surface area contributed by atoms with Crippen molar-refractivity contribution in [3.63, 3.8) is 0 Å². The lowest BCUT2D eigenvalue weighted by Crippen LogP contribution is -2.24. The SMILES string of the molecule is CCNC(c1cc(C)ccc1OC)c1cccc(F)c1F. The number of ether oxygens (including phenoxy) is 1. The fourth-order valence-electron chi connectivity index (χ4n) is 2.41. The van der Waals surface area contributed by atoms with E-state index in [9.17, 15) is 8.78 Å². The van der Waals surface area contributed by atoms with Crippen molar-refractivity contribution in [2.24, 2.45) is 0 Å². The molecule has 2 aromatic carbocycles. The number of methoxy groups -OCH3 is 1. The maximum atomic E-state index is 14.1. The van der Waals surface area contributed by atoms with Crippen LogP contribution in [0.5, 0.6) is 5.75 Å². The van der Waals surface area contributed by atoms with Gasteiger partial charge < -0.3 is 10.1 Å². The molecule has 1 unspecified atom stereocenters. The van der Waals surface area contributed by atoms with Crippen LogP contribution in [0.25, 0.3) is 0 Å². The lowest BCUT2D eigenvalue weighted by molar-refractivity contribution is 0.402. The van der Waals surface area contributed by atoms with Gasteiger partial charge in [-0.3, -0.25) is 0 Å². The maximum Gasteiger partial charge on any atom is 0.163 e. The van der Waals surface area contributed by atoms with Gasteiger partial charge in [0.05, 0.1) is 13.2 Å². The van der Waals surface area contributed by atoms with Gasteiger partial charge >= 0.3 is 0 Å². The molecule has 1 N–H and O–H groups in total. The molecule has 21 heavy (non-hydrogen) atoms. The zero-order chi connectivity index (χ0) is 15.4. The summed E-state index contributed by atoms with van der Waals surface area (Å²) in [4.78, 5) is 0. The van der Waals surface area contributed by atoms with Crippen molar-refractivity contribution >= 4 is 0 Å². The Morgan fingerprint density at radius 1 is 1.14 bits per heavy atom. The van der Waals surface area contributed by atoms with Gasteiger partial charge in [0.1, 0.15) is 5.75 Å². The van der Waals surface area contributed by atoms with Gasteiger partial charge in [-0.1, -0.05) is 36.8 Å². The molecule has 0 aliphatic heterocycles. The van der Waals surface area contributed by atoms with Crippen molar-refractivity contribution in [3.8, 4) is 5.75 Å². The van der Waals surface area contributed by atoms with Crippen LogP contribution in [0.4, 0.5) is 8.78 Å². The third kappa shape index (κ3) is 3.22. The lowest BCUT2D eigenvalue weighted by Gasteiger charge is -2.22. The fraction of sp³-hybridized carbons (Fsp3) is 0.294. The normalized spacial score (nSPS) is 12.2. The van der Waals surface area contributed by atoms with Gasteiger partial charge in [0.2, 0.25) is 0 Å². The van der Waals surface area contributed by atoms with Crippen molar-refractivity contribution in [2.45, 2.75) is 19.9 Å². The molecule has 0 radical (unpaired) electrons. The molecular formula is C17H19F2NO. The highest BCUT2D eigenvalue weighted by atomic mass is 19.2. The zero-order valence-electron chi connectivity index (χ0n) is 12.4. The first-order valence-corrected chi connectivity index (χ1v) is 6.90. The Labute approximate surface area is 123 Å². The second kappa shape index (κ2) is 6.68. The predicted octanol–water partition coefficient (Wildman–Crippen LogP) is 3.98. The predicted molar refractivity (Wildman–Crippen MR) is 79.6 cm³/mol. The summed E-state index contributed by atoms with van der Waals surface area (Å²) in [6.07, 6.45) is 0. The van der Waals surface area contributed by atoms with Crippen LogP contribution >= 0.6 is 0 Å². The molecule has 1 atom stereocenters. The minimum atomic E-state index is -0.845. The van der Waals surface area contributed by atoms with E-state index in [0.717, 1.165) is 17.2 Å². The van der Waals surface area contributed by atoms with Crippen LogP contribution in [-0.4, -0.2) is 13.7 Å². The van der Waals surface area contributed by atoms with E-state index < -0.39 is 17.7 Å². The van der Waals surface area contributed by atoms with E-state index in [0.29, 0.717) is 12.3 Å². The molecule has 4 heteroatoms. The summed E-state index contributed by atoms with van der Waals surface area (Å²) in [5, 5.41) is 3.20. The van der Waals surface area contributed by atoms with Gasteiger partial charge in [-0.15, -0.1) is 0 Å². The molecule has 0 spiro atoms. The van der Waals surface area contributed by atoms with Crippen LogP contribution in [0, 0.1) is 18.6 Å². The summed E-state index contributed by atoms with van der Waals surface area (Å²) in [6, 6.07) is 9.46. The van der Waals surface area contributed by atoms with Gasteiger partial charge in [-0.2, -0.15) is 0 Å². The quantitative estimate of drug-likeness (QED) is 0.899. The van der Waals surface area contributed by atoms with Crippen LogP contribution in [-0.2, 0) is 0 Å². The van der Waals surface area contributed by atoms with E-state index in [2.05, 4.69) is 5.32 Å². The van der Waals surface area contributed by atoms with Gasteiger partial charge in [0, 0.05) is 11.1 Å². The average molecular weight is 291 g/mol. The first-order valence-electron chi connectivity index (χ1n) is 6.90. The molecule has 0 aliphatic rings. The monoisotopic (exact) mass is 291 g/mol. The minimum absolute atomic E-state index is 0.278. The Balaban J connectivity index is 2.58. The van der Waals surface area contributed by atoms with Gasteiger partial charge in [-0.25, -0.2) is 8.78 Å². The van der Waals surface area contributed by atoms with Crippen LogP contribution in [0.2, 0.25) is 0 Å². The molecule has 2 rings (SSSR count). The van der Waals surface area contributed by atoms with Crippen molar-refractivity contribution in [2.75, 3.05) is 13.7 Å². The molecule has 0 fully saturated rings. The third-order valence-electron chi connectivity index (χ3n) is 3.40. The second-order valence-electron chi connectivity index (χ2n) is 4.88. The van der Waals surface area contributed by atoms with Crippen LogP contribution in [0.1, 0.15) is 29.7 Å². The van der Waals surface area contributed by atoms with Crippen molar-refractivity contribution in [3.05, 3.63) is 64.7 Å². The molecule has 0 aromatic heterocycles. The molecule has 0 amide bonds. The molecule has 0 aliphatic carbocycles. The molecule has 2 aromatic rings. The highest BCUT2D eigenvalue weighted by Gasteiger charge is 2.22. The largest absolute Gasteiger partial charge is 0.496 e. The number of rotatable bonds is 5. The first-order chi connectivity index (χ1) is 10.1. The minimum Gasteiger partial charge on any atom is -0.496 e. The summed E-state index contributed by atoms with van der Waals surface area (Å²) in [7, 11) is 1.57. The molecule has 0 heterocycles. The van der Waals surface area contributed by atoms with Crippen molar-refractivity contribution < 1.29 is 13.5 Å². The smallest absolute Gasteiger partial charge is 0.163 e. The van der Waals surface area contributed by atoms with E-state index in [1.807, 2.05) is 32.0 Å². The highest BCUT2D eigenvalue weighted by Crippen LogP contribution is 2.32. The second-order valence-corrected chi connectivity index (χ2v) is 4.88. The summed E-state index contributed by atoms with van der Waals surface area (Å²) in [5.41, 5.74) is 2.11. The topological polar surface area (TPSA) is 21.3 Å². The Bertz CT molecular complexity index is 628. The van der Waals surface area contributed by atoms with Gasteiger partial charge in [-0.05, 0) is 25.6 Å². The molecule has 112 valence electrons. The number of hydrogen-bond donors (Lipinski definition) is 1. The van der Waals surface area contributed by atoms with E-state index in [1.165, 1.54) is 6.07 Å². The van der Waals surface area contributed by atoms with Crippen molar-refractivity contribution in [1.82, 2.24) is 5.32 Å². The molecule has 0 bridgehead atoms. The standard InChI is InChI=1S/C17H19F2NO/c1-4-20-17(12-6-5-7-14(18)16(12)19)13-10-11(2)8-9-15(13)21-3/h5-10,17,20H,4H2,1-3H3. The molecule has 2 nitrogen and oxygen atoms in total. The van der Waals surface area contributed by atoms with Gasteiger partial charge in [0.25, 0.3) is 0 Å². The summed E-state index contributed by atoms with van der Waals surface area (Å²) < 4.78 is 33.0. The van der Waals surface area contributed by atoms with Crippen LogP contribution in [0.3, 0.4) is 0 Å². The van der Waals surface area contributed by atoms with E-state index in [-0.39, 0.29) is 5.56 Å². The third-order valence-corrected chi connectivity index (χ3v) is 3.40. The maximum absolute atomic E-state index is 14.1. The highest BCUT2D eigenvalue weighted by molar-refractivity contribution is 5.44.